The molecule has 1 aliphatic rings. The van der Waals surface area contributed by atoms with Crippen molar-refractivity contribution in [3.8, 4) is 11.8 Å². The smallest absolute Gasteiger partial charge is 0.357 e. The van der Waals surface area contributed by atoms with E-state index in [0.717, 1.165) is 5.69 Å². The summed E-state index contributed by atoms with van der Waals surface area (Å²) in [5.74, 6) is -1.00. The van der Waals surface area contributed by atoms with Gasteiger partial charge in [-0.1, -0.05) is 12.1 Å². The third-order valence-corrected chi connectivity index (χ3v) is 4.92. The van der Waals surface area contributed by atoms with Crippen molar-refractivity contribution in [2.75, 3.05) is 30.8 Å². The molecule has 27 heavy (non-hydrogen) atoms. The summed E-state index contributed by atoms with van der Waals surface area (Å²) in [6.07, 6.45) is 2.88. The average Bonchev–Trinajstić information content (AvgIpc) is 3.03. The number of aromatic nitrogens is 1. The summed E-state index contributed by atoms with van der Waals surface area (Å²) in [5, 5.41) is 9.31. The number of nitrogens with two attached hydrogens (primary N) is 2. The van der Waals surface area contributed by atoms with Crippen LogP contribution in [0.1, 0.15) is 28.9 Å². The molecule has 0 saturated carbocycles. The summed E-state index contributed by atoms with van der Waals surface area (Å²) in [5.41, 5.74) is 13.4. The summed E-state index contributed by atoms with van der Waals surface area (Å²) in [6, 6.07) is 9.53. The van der Waals surface area contributed by atoms with Gasteiger partial charge >= 0.3 is 5.97 Å². The van der Waals surface area contributed by atoms with Gasteiger partial charge < -0.3 is 25.7 Å². The molecule has 0 atom stereocenters. The van der Waals surface area contributed by atoms with Gasteiger partial charge in [-0.25, -0.2) is 4.79 Å². The molecule has 0 aliphatic carbocycles. The minimum atomic E-state index is -0.615. The van der Waals surface area contributed by atoms with Gasteiger partial charge in [-0.05, 0) is 25.0 Å². The summed E-state index contributed by atoms with van der Waals surface area (Å²) >= 11 is 0. The Hall–Kier alpha value is -3.47. The van der Waals surface area contributed by atoms with Gasteiger partial charge in [0.1, 0.15) is 6.07 Å². The maximum atomic E-state index is 12.3. The molecule has 2 heterocycles. The van der Waals surface area contributed by atoms with E-state index in [1.807, 2.05) is 30.3 Å². The second-order valence-electron chi connectivity index (χ2n) is 6.43. The third-order valence-electron chi connectivity index (χ3n) is 4.92. The summed E-state index contributed by atoms with van der Waals surface area (Å²) in [4.78, 5) is 25.8. The number of nitriles is 1. The van der Waals surface area contributed by atoms with Gasteiger partial charge in [-0.2, -0.15) is 5.26 Å². The lowest BCUT2D eigenvalue weighted by molar-refractivity contribution is -0.122. The number of benzene rings is 1. The molecule has 0 radical (unpaired) electrons. The normalized spacial score (nSPS) is 14.6. The number of carbonyl (C=O) groups excluding carboxylic acids is 2. The van der Waals surface area contributed by atoms with Crippen LogP contribution in [0.15, 0.2) is 30.5 Å². The second-order valence-corrected chi connectivity index (χ2v) is 6.43. The number of para-hydroxylation sites is 2. The molecule has 4 N–H and O–H groups in total. The van der Waals surface area contributed by atoms with Crippen LogP contribution in [0.25, 0.3) is 5.69 Å². The maximum Gasteiger partial charge on any atom is 0.357 e. The van der Waals surface area contributed by atoms with E-state index in [1.54, 1.807) is 4.57 Å². The number of rotatable bonds is 4. The Balaban J connectivity index is 2.04. The lowest BCUT2D eigenvalue weighted by atomic mass is 9.96. The minimum Gasteiger partial charge on any atom is -0.464 e. The number of hydrogen-bond donors (Lipinski definition) is 2. The molecular weight excluding hydrogens is 346 g/mol. The SMILES string of the molecule is COC(=O)c1c(N)c(C#N)cn1-c1ccccc1N1CCC(C(N)=O)CC1. The molecular formula is C19H21N5O3. The van der Waals surface area contributed by atoms with Crippen molar-refractivity contribution in [3.05, 3.63) is 41.7 Å². The molecule has 2 aromatic rings. The number of nitrogen functional groups attached to an aromatic ring is 1. The first-order valence-corrected chi connectivity index (χ1v) is 8.60. The van der Waals surface area contributed by atoms with Crippen LogP contribution in [0.3, 0.4) is 0 Å². The highest BCUT2D eigenvalue weighted by molar-refractivity contribution is 5.96. The van der Waals surface area contributed by atoms with Crippen molar-refractivity contribution < 1.29 is 14.3 Å². The molecule has 1 amide bonds. The fourth-order valence-electron chi connectivity index (χ4n) is 3.44. The quantitative estimate of drug-likeness (QED) is 0.787. The largest absolute Gasteiger partial charge is 0.464 e. The Morgan fingerprint density at radius 1 is 1.22 bits per heavy atom. The highest BCUT2D eigenvalue weighted by Crippen LogP contribution is 2.32. The van der Waals surface area contributed by atoms with Gasteiger partial charge in [0.05, 0.1) is 29.7 Å². The van der Waals surface area contributed by atoms with Crippen LogP contribution in [0.5, 0.6) is 0 Å². The zero-order chi connectivity index (χ0) is 19.6. The van der Waals surface area contributed by atoms with E-state index < -0.39 is 5.97 Å². The lowest BCUT2D eigenvalue weighted by Crippen LogP contribution is -2.39. The van der Waals surface area contributed by atoms with Crippen LogP contribution in [0.2, 0.25) is 0 Å². The minimum absolute atomic E-state index is 0.0894. The molecule has 1 fully saturated rings. The second kappa shape index (κ2) is 7.41. The monoisotopic (exact) mass is 367 g/mol. The first-order valence-electron chi connectivity index (χ1n) is 8.60. The van der Waals surface area contributed by atoms with Crippen molar-refractivity contribution in [2.24, 2.45) is 11.7 Å². The molecule has 1 aliphatic heterocycles. The van der Waals surface area contributed by atoms with E-state index in [0.29, 0.717) is 31.6 Å². The number of carbonyl (C=O) groups is 2. The van der Waals surface area contributed by atoms with Crippen molar-refractivity contribution in [3.63, 3.8) is 0 Å². The standard InChI is InChI=1S/C19H21N5O3/c1-27-19(26)17-16(21)13(10-20)11-24(17)15-5-3-2-4-14(15)23-8-6-12(7-9-23)18(22)25/h2-5,11-12H,6-9,21H2,1H3,(H2,22,25). The van der Waals surface area contributed by atoms with E-state index >= 15 is 0 Å². The van der Waals surface area contributed by atoms with Crippen LogP contribution in [0.4, 0.5) is 11.4 Å². The molecule has 3 rings (SSSR count). The number of methoxy groups -OCH3 is 1. The number of esters is 1. The highest BCUT2D eigenvalue weighted by Gasteiger charge is 2.27. The number of primary amides is 1. The van der Waals surface area contributed by atoms with E-state index in [9.17, 15) is 14.9 Å². The first kappa shape index (κ1) is 18.3. The van der Waals surface area contributed by atoms with Crippen LogP contribution in [0, 0.1) is 17.2 Å². The molecule has 1 aromatic heterocycles. The number of ether oxygens (including phenoxy) is 1. The average molecular weight is 367 g/mol. The summed E-state index contributed by atoms with van der Waals surface area (Å²) in [7, 11) is 1.27. The number of amides is 1. The molecule has 1 saturated heterocycles. The van der Waals surface area contributed by atoms with Gasteiger partial charge in [0, 0.05) is 25.2 Å². The van der Waals surface area contributed by atoms with Gasteiger partial charge in [-0.15, -0.1) is 0 Å². The number of hydrogen-bond acceptors (Lipinski definition) is 6. The Kier molecular flexibility index (Phi) is 5.03. The highest BCUT2D eigenvalue weighted by atomic mass is 16.5. The topological polar surface area (TPSA) is 127 Å². The van der Waals surface area contributed by atoms with Gasteiger partial charge in [0.15, 0.2) is 5.69 Å². The number of nitrogens with zero attached hydrogens (tertiary/aromatic N) is 3. The molecule has 140 valence electrons. The van der Waals surface area contributed by atoms with Gasteiger partial charge in [0.2, 0.25) is 5.91 Å². The zero-order valence-corrected chi connectivity index (χ0v) is 15.0. The van der Waals surface area contributed by atoms with Crippen LogP contribution in [-0.4, -0.2) is 36.6 Å². The van der Waals surface area contributed by atoms with Crippen LogP contribution in [-0.2, 0) is 9.53 Å². The van der Waals surface area contributed by atoms with Crippen molar-refractivity contribution in [2.45, 2.75) is 12.8 Å². The Morgan fingerprint density at radius 2 is 1.85 bits per heavy atom. The number of anilines is 2. The third kappa shape index (κ3) is 3.31. The van der Waals surface area contributed by atoms with Crippen molar-refractivity contribution in [1.82, 2.24) is 4.57 Å². The Labute approximate surface area is 156 Å². The lowest BCUT2D eigenvalue weighted by Gasteiger charge is -2.33. The summed E-state index contributed by atoms with van der Waals surface area (Å²) < 4.78 is 6.44. The molecule has 1 aromatic carbocycles. The molecule has 0 unspecified atom stereocenters. The van der Waals surface area contributed by atoms with E-state index in [2.05, 4.69) is 4.90 Å². The van der Waals surface area contributed by atoms with E-state index in [-0.39, 0.29) is 28.8 Å². The molecule has 8 nitrogen and oxygen atoms in total. The van der Waals surface area contributed by atoms with Crippen molar-refractivity contribution in [1.29, 1.82) is 5.26 Å². The van der Waals surface area contributed by atoms with Gasteiger partial charge in [0.25, 0.3) is 0 Å². The van der Waals surface area contributed by atoms with Gasteiger partial charge in [-0.3, -0.25) is 4.79 Å². The molecule has 0 bridgehead atoms. The Bertz CT molecular complexity index is 920. The maximum absolute atomic E-state index is 12.3. The van der Waals surface area contributed by atoms with Crippen LogP contribution < -0.4 is 16.4 Å². The van der Waals surface area contributed by atoms with E-state index in [1.165, 1.54) is 13.3 Å². The molecule has 8 heteroatoms. The predicted octanol–water partition coefficient (Wildman–Crippen LogP) is 1.42. The summed E-state index contributed by atoms with van der Waals surface area (Å²) in [6.45, 7) is 1.33. The zero-order valence-electron chi connectivity index (χ0n) is 15.0. The Morgan fingerprint density at radius 3 is 2.41 bits per heavy atom. The number of piperidine rings is 1. The predicted molar refractivity (Wildman–Crippen MR) is 100 cm³/mol. The van der Waals surface area contributed by atoms with Crippen molar-refractivity contribution >= 4 is 23.3 Å². The fraction of sp³-hybridized carbons (Fsp3) is 0.316. The van der Waals surface area contributed by atoms with E-state index in [4.69, 9.17) is 16.2 Å². The molecule has 0 spiro atoms. The first-order chi connectivity index (χ1) is 13.0. The van der Waals surface area contributed by atoms with Crippen LogP contribution >= 0.6 is 0 Å². The fourth-order valence-corrected chi connectivity index (χ4v) is 3.44.